The van der Waals surface area contributed by atoms with Gasteiger partial charge in [-0.25, -0.2) is 0 Å². The van der Waals surface area contributed by atoms with Crippen LogP contribution >= 0.6 is 0 Å². The van der Waals surface area contributed by atoms with Crippen molar-refractivity contribution in [3.63, 3.8) is 0 Å². The first kappa shape index (κ1) is 14.5. The number of hydrogen-bond donors (Lipinski definition) is 1. The SMILES string of the molecule is Cc1ccccc1C1CC(NCCCOC(C)C)C1. The summed E-state index contributed by atoms with van der Waals surface area (Å²) in [5.74, 6) is 0.769. The zero-order valence-electron chi connectivity index (χ0n) is 12.5. The first-order chi connectivity index (χ1) is 9.16. The van der Waals surface area contributed by atoms with Gasteiger partial charge in [-0.05, 0) is 63.6 Å². The average molecular weight is 261 g/mol. The molecule has 0 bridgehead atoms. The van der Waals surface area contributed by atoms with Crippen LogP contribution in [0.15, 0.2) is 24.3 Å². The van der Waals surface area contributed by atoms with Crippen molar-refractivity contribution in [2.45, 2.75) is 58.1 Å². The van der Waals surface area contributed by atoms with Crippen molar-refractivity contribution in [3.05, 3.63) is 35.4 Å². The van der Waals surface area contributed by atoms with Crippen LogP contribution < -0.4 is 5.32 Å². The van der Waals surface area contributed by atoms with Crippen LogP contribution in [0.2, 0.25) is 0 Å². The van der Waals surface area contributed by atoms with Crippen LogP contribution in [0, 0.1) is 6.92 Å². The summed E-state index contributed by atoms with van der Waals surface area (Å²) in [5, 5.41) is 3.63. The average Bonchev–Trinajstić information content (AvgIpc) is 2.32. The molecule has 106 valence electrons. The van der Waals surface area contributed by atoms with Crippen LogP contribution in [0.1, 0.15) is 50.2 Å². The monoisotopic (exact) mass is 261 g/mol. The Bertz CT molecular complexity index is 383. The van der Waals surface area contributed by atoms with E-state index in [2.05, 4.69) is 50.4 Å². The number of rotatable bonds is 7. The third kappa shape index (κ3) is 4.32. The zero-order valence-corrected chi connectivity index (χ0v) is 12.5. The molecule has 0 saturated heterocycles. The summed E-state index contributed by atoms with van der Waals surface area (Å²) in [6, 6.07) is 9.50. The van der Waals surface area contributed by atoms with E-state index in [0.29, 0.717) is 12.1 Å². The van der Waals surface area contributed by atoms with E-state index in [1.807, 2.05) is 0 Å². The van der Waals surface area contributed by atoms with E-state index in [1.54, 1.807) is 5.56 Å². The number of benzene rings is 1. The number of ether oxygens (including phenoxy) is 1. The highest BCUT2D eigenvalue weighted by Crippen LogP contribution is 2.38. The minimum atomic E-state index is 0.356. The molecule has 0 atom stereocenters. The molecule has 2 rings (SSSR count). The molecule has 2 heteroatoms. The molecular weight excluding hydrogens is 234 g/mol. The fourth-order valence-electron chi connectivity index (χ4n) is 2.78. The Morgan fingerprint density at radius 3 is 2.68 bits per heavy atom. The molecule has 2 nitrogen and oxygen atoms in total. The highest BCUT2D eigenvalue weighted by molar-refractivity contribution is 5.31. The molecular formula is C17H27NO. The maximum absolute atomic E-state index is 5.54. The van der Waals surface area contributed by atoms with Crippen molar-refractivity contribution in [1.82, 2.24) is 5.32 Å². The van der Waals surface area contributed by atoms with Crippen LogP contribution in [0.3, 0.4) is 0 Å². The smallest absolute Gasteiger partial charge is 0.0518 e. The van der Waals surface area contributed by atoms with E-state index < -0.39 is 0 Å². The van der Waals surface area contributed by atoms with Crippen LogP contribution in [0.25, 0.3) is 0 Å². The van der Waals surface area contributed by atoms with Gasteiger partial charge in [0.1, 0.15) is 0 Å². The first-order valence-electron chi connectivity index (χ1n) is 7.57. The Labute approximate surface area is 117 Å². The van der Waals surface area contributed by atoms with Gasteiger partial charge >= 0.3 is 0 Å². The molecule has 1 fully saturated rings. The normalized spacial score (nSPS) is 22.5. The van der Waals surface area contributed by atoms with E-state index in [9.17, 15) is 0 Å². The minimum absolute atomic E-state index is 0.356. The lowest BCUT2D eigenvalue weighted by Gasteiger charge is -2.37. The van der Waals surface area contributed by atoms with Crippen molar-refractivity contribution in [2.24, 2.45) is 0 Å². The van der Waals surface area contributed by atoms with Crippen molar-refractivity contribution in [1.29, 1.82) is 0 Å². The standard InChI is InChI=1S/C17H27NO/c1-13(2)19-10-6-9-18-16-11-15(12-16)17-8-5-4-7-14(17)3/h4-5,7-8,13,15-16,18H,6,9-12H2,1-3H3. The highest BCUT2D eigenvalue weighted by Gasteiger charge is 2.30. The second-order valence-corrected chi connectivity index (χ2v) is 5.95. The van der Waals surface area contributed by atoms with E-state index in [-0.39, 0.29) is 0 Å². The lowest BCUT2D eigenvalue weighted by Crippen LogP contribution is -2.40. The van der Waals surface area contributed by atoms with Crippen LogP contribution in [-0.4, -0.2) is 25.3 Å². The summed E-state index contributed by atoms with van der Waals surface area (Å²) in [7, 11) is 0. The van der Waals surface area contributed by atoms with Crippen molar-refractivity contribution >= 4 is 0 Å². The zero-order chi connectivity index (χ0) is 13.7. The lowest BCUT2D eigenvalue weighted by atomic mass is 9.74. The minimum Gasteiger partial charge on any atom is -0.379 e. The van der Waals surface area contributed by atoms with Gasteiger partial charge in [0.15, 0.2) is 0 Å². The third-order valence-electron chi connectivity index (χ3n) is 3.97. The summed E-state index contributed by atoms with van der Waals surface area (Å²) >= 11 is 0. The molecule has 1 N–H and O–H groups in total. The van der Waals surface area contributed by atoms with Gasteiger partial charge in [-0.15, -0.1) is 0 Å². The van der Waals surface area contributed by atoms with Gasteiger partial charge in [0, 0.05) is 12.6 Å². The molecule has 1 saturated carbocycles. The van der Waals surface area contributed by atoms with Crippen molar-refractivity contribution in [3.8, 4) is 0 Å². The maximum Gasteiger partial charge on any atom is 0.0518 e. The Morgan fingerprint density at radius 1 is 1.26 bits per heavy atom. The molecule has 0 unspecified atom stereocenters. The van der Waals surface area contributed by atoms with E-state index in [0.717, 1.165) is 25.5 Å². The van der Waals surface area contributed by atoms with E-state index in [1.165, 1.54) is 18.4 Å². The summed E-state index contributed by atoms with van der Waals surface area (Å²) < 4.78 is 5.54. The molecule has 0 aliphatic heterocycles. The molecule has 1 aromatic rings. The molecule has 1 aliphatic rings. The molecule has 0 heterocycles. The lowest BCUT2D eigenvalue weighted by molar-refractivity contribution is 0.0760. The van der Waals surface area contributed by atoms with Crippen LogP contribution in [-0.2, 0) is 4.74 Å². The number of hydrogen-bond acceptors (Lipinski definition) is 2. The second-order valence-electron chi connectivity index (χ2n) is 5.95. The summed E-state index contributed by atoms with van der Waals surface area (Å²) in [6.45, 7) is 8.36. The summed E-state index contributed by atoms with van der Waals surface area (Å²) in [4.78, 5) is 0. The number of nitrogens with one attached hydrogen (secondary N) is 1. The van der Waals surface area contributed by atoms with Crippen LogP contribution in [0.5, 0.6) is 0 Å². The van der Waals surface area contributed by atoms with Crippen LogP contribution in [0.4, 0.5) is 0 Å². The molecule has 0 radical (unpaired) electrons. The molecule has 1 aliphatic carbocycles. The molecule has 1 aromatic carbocycles. The molecule has 0 aromatic heterocycles. The predicted molar refractivity (Wildman–Crippen MR) is 80.6 cm³/mol. The van der Waals surface area contributed by atoms with Crippen molar-refractivity contribution in [2.75, 3.05) is 13.2 Å². The van der Waals surface area contributed by atoms with E-state index in [4.69, 9.17) is 4.74 Å². The molecule has 0 amide bonds. The van der Waals surface area contributed by atoms with Gasteiger partial charge in [0.05, 0.1) is 6.10 Å². The van der Waals surface area contributed by atoms with Crippen molar-refractivity contribution < 1.29 is 4.74 Å². The van der Waals surface area contributed by atoms with Gasteiger partial charge in [0.2, 0.25) is 0 Å². The Hall–Kier alpha value is -0.860. The van der Waals surface area contributed by atoms with Gasteiger partial charge < -0.3 is 10.1 Å². The second kappa shape index (κ2) is 7.06. The first-order valence-corrected chi connectivity index (χ1v) is 7.57. The maximum atomic E-state index is 5.54. The largest absolute Gasteiger partial charge is 0.379 e. The third-order valence-corrected chi connectivity index (χ3v) is 3.97. The fourth-order valence-corrected chi connectivity index (χ4v) is 2.78. The Morgan fingerprint density at radius 2 is 2.00 bits per heavy atom. The fraction of sp³-hybridized carbons (Fsp3) is 0.647. The van der Waals surface area contributed by atoms with Gasteiger partial charge in [-0.3, -0.25) is 0 Å². The summed E-state index contributed by atoms with van der Waals surface area (Å²) in [5.41, 5.74) is 2.99. The topological polar surface area (TPSA) is 21.3 Å². The molecule has 0 spiro atoms. The number of aryl methyl sites for hydroxylation is 1. The Balaban J connectivity index is 1.60. The van der Waals surface area contributed by atoms with Gasteiger partial charge in [0.25, 0.3) is 0 Å². The Kier molecular flexibility index (Phi) is 5.41. The van der Waals surface area contributed by atoms with Gasteiger partial charge in [-0.2, -0.15) is 0 Å². The highest BCUT2D eigenvalue weighted by atomic mass is 16.5. The quantitative estimate of drug-likeness (QED) is 0.757. The molecule has 19 heavy (non-hydrogen) atoms. The van der Waals surface area contributed by atoms with Gasteiger partial charge in [-0.1, -0.05) is 24.3 Å². The van der Waals surface area contributed by atoms with E-state index >= 15 is 0 Å². The predicted octanol–water partition coefficient (Wildman–Crippen LogP) is 3.65. The summed E-state index contributed by atoms with van der Waals surface area (Å²) in [6.07, 6.45) is 4.05.